The fourth-order valence-corrected chi connectivity index (χ4v) is 2.30. The highest BCUT2D eigenvalue weighted by molar-refractivity contribution is 5.58. The van der Waals surface area contributed by atoms with Crippen LogP contribution in [0.3, 0.4) is 0 Å². The highest BCUT2D eigenvalue weighted by atomic mass is 16.6. The van der Waals surface area contributed by atoms with E-state index in [0.717, 1.165) is 16.7 Å². The van der Waals surface area contributed by atoms with Crippen molar-refractivity contribution in [3.05, 3.63) is 75.3 Å². The summed E-state index contributed by atoms with van der Waals surface area (Å²) in [5.74, 6) is 0.686. The number of nitrogens with zero attached hydrogens (tertiary/aromatic N) is 1. The molecule has 5 heteroatoms. The van der Waals surface area contributed by atoms with Crippen LogP contribution in [0.15, 0.2) is 54.1 Å². The Hall–Kier alpha value is -2.66. The van der Waals surface area contributed by atoms with Crippen molar-refractivity contribution < 1.29 is 14.8 Å². The van der Waals surface area contributed by atoms with Gasteiger partial charge in [-0.3, -0.25) is 10.1 Å². The first kappa shape index (κ1) is 13.3. The van der Waals surface area contributed by atoms with E-state index in [1.165, 1.54) is 12.1 Å². The number of ether oxygens (including phenoxy) is 1. The Morgan fingerprint density at radius 1 is 1.19 bits per heavy atom. The summed E-state index contributed by atoms with van der Waals surface area (Å²) in [7, 11) is 0. The predicted octanol–water partition coefficient (Wildman–Crippen LogP) is 3.10. The van der Waals surface area contributed by atoms with Gasteiger partial charge in [0, 0.05) is 23.3 Å². The summed E-state index contributed by atoms with van der Waals surface area (Å²) in [5.41, 5.74) is 2.29. The lowest BCUT2D eigenvalue weighted by atomic mass is 9.97. The second kappa shape index (κ2) is 5.38. The third-order valence-corrected chi connectivity index (χ3v) is 3.42. The Kier molecular flexibility index (Phi) is 3.41. The van der Waals surface area contributed by atoms with Gasteiger partial charge in [0.25, 0.3) is 5.69 Å². The van der Waals surface area contributed by atoms with E-state index < -0.39 is 11.0 Å². The van der Waals surface area contributed by atoms with Crippen molar-refractivity contribution in [2.45, 2.75) is 6.10 Å². The van der Waals surface area contributed by atoms with Crippen LogP contribution in [0.2, 0.25) is 0 Å². The molecule has 0 bridgehead atoms. The van der Waals surface area contributed by atoms with Crippen molar-refractivity contribution in [3.8, 4) is 5.75 Å². The summed E-state index contributed by atoms with van der Waals surface area (Å²) in [6.07, 6.45) is 1.08. The molecule has 0 amide bonds. The Labute approximate surface area is 121 Å². The summed E-state index contributed by atoms with van der Waals surface area (Å²) < 4.78 is 5.60. The minimum Gasteiger partial charge on any atom is -0.489 e. The van der Waals surface area contributed by atoms with E-state index in [0.29, 0.717) is 12.4 Å². The van der Waals surface area contributed by atoms with Gasteiger partial charge in [-0.15, -0.1) is 0 Å². The van der Waals surface area contributed by atoms with Gasteiger partial charge < -0.3 is 9.84 Å². The highest BCUT2D eigenvalue weighted by Crippen LogP contribution is 2.35. The van der Waals surface area contributed by atoms with Crippen molar-refractivity contribution in [1.29, 1.82) is 0 Å². The molecule has 1 aliphatic heterocycles. The van der Waals surface area contributed by atoms with Gasteiger partial charge in [0.05, 0.1) is 4.92 Å². The van der Waals surface area contributed by atoms with E-state index in [4.69, 9.17) is 4.74 Å². The van der Waals surface area contributed by atoms with Gasteiger partial charge in [0.15, 0.2) is 0 Å². The van der Waals surface area contributed by atoms with E-state index in [9.17, 15) is 15.2 Å². The number of aliphatic hydroxyl groups excluding tert-OH is 1. The van der Waals surface area contributed by atoms with Crippen LogP contribution < -0.4 is 4.74 Å². The number of nitro benzene ring substituents is 1. The Bertz CT molecular complexity index is 706. The summed E-state index contributed by atoms with van der Waals surface area (Å²) in [6.45, 7) is 0.301. The van der Waals surface area contributed by atoms with Gasteiger partial charge in [-0.05, 0) is 29.8 Å². The molecule has 21 heavy (non-hydrogen) atoms. The lowest BCUT2D eigenvalue weighted by Crippen LogP contribution is -2.17. The van der Waals surface area contributed by atoms with Gasteiger partial charge in [-0.1, -0.05) is 18.2 Å². The zero-order valence-corrected chi connectivity index (χ0v) is 11.1. The molecule has 0 unspecified atom stereocenters. The molecule has 0 spiro atoms. The quantitative estimate of drug-likeness (QED) is 0.679. The number of rotatable bonds is 2. The average molecular weight is 283 g/mol. The lowest BCUT2D eigenvalue weighted by Gasteiger charge is -2.25. The second-order valence-electron chi connectivity index (χ2n) is 4.80. The van der Waals surface area contributed by atoms with Crippen LogP contribution >= 0.6 is 0 Å². The first-order chi connectivity index (χ1) is 10.1. The second-order valence-corrected chi connectivity index (χ2v) is 4.80. The number of non-ortho nitro benzene ring substituents is 1. The van der Waals surface area contributed by atoms with E-state index in [2.05, 4.69) is 0 Å². The van der Waals surface area contributed by atoms with Gasteiger partial charge in [-0.25, -0.2) is 0 Å². The molecule has 1 N–H and O–H groups in total. The SMILES string of the molecule is O=[N+]([O-])c1ccc(/C=C2\COc3ccccc3[C@H]2O)cc1. The summed E-state index contributed by atoms with van der Waals surface area (Å²) in [4.78, 5) is 10.2. The zero-order chi connectivity index (χ0) is 14.8. The molecule has 1 aliphatic rings. The fraction of sp³-hybridized carbons (Fsp3) is 0.125. The molecule has 2 aromatic carbocycles. The number of hydrogen-bond donors (Lipinski definition) is 1. The molecule has 0 aliphatic carbocycles. The number of fused-ring (bicyclic) bond motifs is 1. The molecule has 0 saturated heterocycles. The molecule has 0 saturated carbocycles. The van der Waals surface area contributed by atoms with Crippen LogP contribution in [0.1, 0.15) is 17.2 Å². The summed E-state index contributed by atoms with van der Waals surface area (Å²) >= 11 is 0. The molecule has 0 radical (unpaired) electrons. The van der Waals surface area contributed by atoms with Gasteiger partial charge in [-0.2, -0.15) is 0 Å². The molecular weight excluding hydrogens is 270 g/mol. The van der Waals surface area contributed by atoms with Gasteiger partial charge in [0.2, 0.25) is 0 Å². The van der Waals surface area contributed by atoms with Crippen LogP contribution in [0, 0.1) is 10.1 Å². The Morgan fingerprint density at radius 2 is 1.90 bits per heavy atom. The number of aliphatic hydroxyl groups is 1. The highest BCUT2D eigenvalue weighted by Gasteiger charge is 2.23. The first-order valence-corrected chi connectivity index (χ1v) is 6.50. The maximum atomic E-state index is 10.6. The zero-order valence-electron chi connectivity index (χ0n) is 11.1. The Morgan fingerprint density at radius 3 is 2.62 bits per heavy atom. The normalized spacial score (nSPS) is 18.9. The summed E-state index contributed by atoms with van der Waals surface area (Å²) in [6, 6.07) is 13.5. The number of hydrogen-bond acceptors (Lipinski definition) is 4. The fourth-order valence-electron chi connectivity index (χ4n) is 2.30. The van der Waals surface area contributed by atoms with Crippen LogP contribution in [-0.4, -0.2) is 16.6 Å². The molecule has 1 heterocycles. The molecular formula is C16H13NO4. The van der Waals surface area contributed by atoms with Crippen molar-refractivity contribution in [1.82, 2.24) is 0 Å². The lowest BCUT2D eigenvalue weighted by molar-refractivity contribution is -0.384. The van der Waals surface area contributed by atoms with Gasteiger partial charge in [0.1, 0.15) is 18.5 Å². The number of para-hydroxylation sites is 1. The van der Waals surface area contributed by atoms with Crippen molar-refractivity contribution >= 4 is 11.8 Å². The minimum absolute atomic E-state index is 0.0444. The third-order valence-electron chi connectivity index (χ3n) is 3.42. The van der Waals surface area contributed by atoms with Crippen molar-refractivity contribution in [2.24, 2.45) is 0 Å². The predicted molar refractivity (Wildman–Crippen MR) is 78.0 cm³/mol. The number of nitro groups is 1. The van der Waals surface area contributed by atoms with E-state index in [-0.39, 0.29) is 5.69 Å². The van der Waals surface area contributed by atoms with Crippen LogP contribution in [0.25, 0.3) is 6.08 Å². The van der Waals surface area contributed by atoms with E-state index in [1.54, 1.807) is 18.2 Å². The maximum absolute atomic E-state index is 10.6. The molecule has 106 valence electrons. The first-order valence-electron chi connectivity index (χ1n) is 6.50. The van der Waals surface area contributed by atoms with Gasteiger partial charge >= 0.3 is 0 Å². The smallest absolute Gasteiger partial charge is 0.269 e. The monoisotopic (exact) mass is 283 g/mol. The van der Waals surface area contributed by atoms with Crippen molar-refractivity contribution in [2.75, 3.05) is 6.61 Å². The maximum Gasteiger partial charge on any atom is 0.269 e. The molecule has 3 rings (SSSR count). The Balaban J connectivity index is 1.89. The number of benzene rings is 2. The van der Waals surface area contributed by atoms with Crippen LogP contribution in [0.4, 0.5) is 5.69 Å². The third kappa shape index (κ3) is 2.64. The molecule has 1 atom stereocenters. The standard InChI is InChI=1S/C16H13NO4/c18-16-12(10-21-15-4-2-1-3-14(15)16)9-11-5-7-13(8-6-11)17(19)20/h1-9,16,18H,10H2/b12-9+/t16-/m0/s1. The van der Waals surface area contributed by atoms with E-state index >= 15 is 0 Å². The largest absolute Gasteiger partial charge is 0.489 e. The molecule has 0 fully saturated rings. The molecule has 2 aromatic rings. The molecule has 5 nitrogen and oxygen atoms in total. The van der Waals surface area contributed by atoms with E-state index in [1.807, 2.05) is 24.3 Å². The van der Waals surface area contributed by atoms with Crippen LogP contribution in [0.5, 0.6) is 5.75 Å². The van der Waals surface area contributed by atoms with Crippen LogP contribution in [-0.2, 0) is 0 Å². The topological polar surface area (TPSA) is 72.6 Å². The minimum atomic E-state index is -0.717. The average Bonchev–Trinajstić information content (AvgIpc) is 2.51. The summed E-state index contributed by atoms with van der Waals surface area (Å²) in [5, 5.41) is 21.0. The molecule has 0 aromatic heterocycles. The van der Waals surface area contributed by atoms with Crippen molar-refractivity contribution in [3.63, 3.8) is 0 Å².